The predicted molar refractivity (Wildman–Crippen MR) is 150 cm³/mol. The number of hydrogen-bond acceptors (Lipinski definition) is 6. The lowest BCUT2D eigenvalue weighted by molar-refractivity contribution is 0.0865. The summed E-state index contributed by atoms with van der Waals surface area (Å²) in [6.07, 6.45) is 6.87. The van der Waals surface area contributed by atoms with E-state index in [-0.39, 0.29) is 17.6 Å². The molecule has 3 heterocycles. The number of H-pyrrole nitrogens is 1. The molecule has 2 aromatic carbocycles. The highest BCUT2D eigenvalue weighted by Crippen LogP contribution is 2.35. The van der Waals surface area contributed by atoms with Crippen molar-refractivity contribution in [2.24, 2.45) is 0 Å². The third kappa shape index (κ3) is 4.97. The van der Waals surface area contributed by atoms with Gasteiger partial charge in [0.05, 0.1) is 23.8 Å². The first kappa shape index (κ1) is 24.8. The van der Waals surface area contributed by atoms with Crippen molar-refractivity contribution in [1.29, 1.82) is 0 Å². The number of piperazine rings is 1. The van der Waals surface area contributed by atoms with Crippen molar-refractivity contribution in [3.05, 3.63) is 71.4 Å². The molecule has 2 aromatic heterocycles. The van der Waals surface area contributed by atoms with Crippen molar-refractivity contribution < 1.29 is 4.79 Å². The first-order valence-corrected chi connectivity index (χ1v) is 14.1. The Bertz CT molecular complexity index is 1400. The number of hydrogen-bond donors (Lipinski definition) is 1. The fraction of sp³-hybridized carbons (Fsp3) is 0.467. The number of nitrogens with zero attached hydrogens (tertiary/aromatic N) is 6. The Morgan fingerprint density at radius 2 is 1.89 bits per heavy atom. The normalized spacial score (nSPS) is 19.0. The van der Waals surface area contributed by atoms with Gasteiger partial charge in [0.2, 0.25) is 11.6 Å². The highest BCUT2D eigenvalue weighted by atomic mass is 16.1. The minimum atomic E-state index is -0.0326. The van der Waals surface area contributed by atoms with Crippen LogP contribution in [0.5, 0.6) is 0 Å². The Balaban J connectivity index is 1.27. The van der Waals surface area contributed by atoms with Crippen LogP contribution < -0.4 is 4.90 Å². The molecular formula is C30H37N7O. The lowest BCUT2D eigenvalue weighted by atomic mass is 10.0. The van der Waals surface area contributed by atoms with Gasteiger partial charge < -0.3 is 4.90 Å². The lowest BCUT2D eigenvalue weighted by Gasteiger charge is -2.42. The monoisotopic (exact) mass is 511 g/mol. The Kier molecular flexibility index (Phi) is 6.98. The number of Topliss-reactive ketones (excluding diaryl/α,β-unsaturated/α-hetero) is 1. The summed E-state index contributed by atoms with van der Waals surface area (Å²) in [5.41, 5.74) is 5.00. The zero-order chi connectivity index (χ0) is 26.1. The summed E-state index contributed by atoms with van der Waals surface area (Å²) in [6, 6.07) is 18.2. The third-order valence-electron chi connectivity index (χ3n) is 8.25. The molecule has 4 aromatic rings. The largest absolute Gasteiger partial charge is 0.369 e. The number of fused-ring (bicyclic) bond motifs is 1. The van der Waals surface area contributed by atoms with Gasteiger partial charge in [-0.25, -0.2) is 4.98 Å². The highest BCUT2D eigenvalue weighted by molar-refractivity contribution is 5.94. The van der Waals surface area contributed by atoms with E-state index in [1.54, 1.807) is 0 Å². The first-order chi connectivity index (χ1) is 18.6. The molecule has 1 saturated carbocycles. The maximum atomic E-state index is 13.0. The van der Waals surface area contributed by atoms with E-state index < -0.39 is 0 Å². The van der Waals surface area contributed by atoms with E-state index in [0.29, 0.717) is 18.4 Å². The molecule has 38 heavy (non-hydrogen) atoms. The molecule has 0 unspecified atom stereocenters. The van der Waals surface area contributed by atoms with E-state index >= 15 is 0 Å². The second kappa shape index (κ2) is 10.7. The molecule has 8 nitrogen and oxygen atoms in total. The van der Waals surface area contributed by atoms with Gasteiger partial charge in [-0.15, -0.1) is 0 Å². The van der Waals surface area contributed by atoms with Crippen molar-refractivity contribution in [2.75, 3.05) is 31.1 Å². The zero-order valence-corrected chi connectivity index (χ0v) is 22.4. The number of anilines is 1. The zero-order valence-electron chi connectivity index (χ0n) is 22.4. The molecule has 8 heteroatoms. The Labute approximate surface area is 224 Å². The van der Waals surface area contributed by atoms with Gasteiger partial charge in [0.1, 0.15) is 5.82 Å². The van der Waals surface area contributed by atoms with Gasteiger partial charge in [-0.1, -0.05) is 50.1 Å². The molecule has 0 radical (unpaired) electrons. The maximum Gasteiger partial charge on any atom is 0.218 e. The van der Waals surface area contributed by atoms with Gasteiger partial charge in [-0.2, -0.15) is 10.2 Å². The number of ketones is 1. The van der Waals surface area contributed by atoms with Crippen LogP contribution in [0.15, 0.2) is 48.5 Å². The number of aromatic nitrogens is 5. The van der Waals surface area contributed by atoms with Gasteiger partial charge in [0, 0.05) is 36.7 Å². The van der Waals surface area contributed by atoms with Crippen LogP contribution in [0.4, 0.5) is 5.69 Å². The van der Waals surface area contributed by atoms with E-state index in [1.807, 2.05) is 6.92 Å². The van der Waals surface area contributed by atoms with Crippen LogP contribution in [0.3, 0.4) is 0 Å². The van der Waals surface area contributed by atoms with Crippen LogP contribution in [-0.2, 0) is 12.8 Å². The molecule has 2 fully saturated rings. The molecule has 198 valence electrons. The van der Waals surface area contributed by atoms with Crippen molar-refractivity contribution in [2.45, 2.75) is 64.5 Å². The number of rotatable bonds is 8. The number of nitrogens with one attached hydrogen (secondary N) is 1. The number of carbonyl (C=O) groups excluding carboxylic acids is 1. The second-order valence-corrected chi connectivity index (χ2v) is 10.8. The fourth-order valence-electron chi connectivity index (χ4n) is 6.21. The van der Waals surface area contributed by atoms with E-state index in [2.05, 4.69) is 85.1 Å². The van der Waals surface area contributed by atoms with Crippen molar-refractivity contribution in [3.8, 4) is 0 Å². The van der Waals surface area contributed by atoms with Crippen LogP contribution in [0.25, 0.3) is 10.9 Å². The van der Waals surface area contributed by atoms with Gasteiger partial charge >= 0.3 is 0 Å². The van der Waals surface area contributed by atoms with Gasteiger partial charge in [0.15, 0.2) is 0 Å². The standard InChI is InChI=1S/C30H37N7O/c1-3-27-26-14-13-24(18-28(26)37(34-27)23-11-7-8-12-23)35-15-16-36(20-29(38)30-31-21(2)32-33-30)25(19-35)17-22-9-5-4-6-10-22/h4-6,9-10,13-14,18,23,25H,3,7-8,11-12,15-17,19-20H2,1-2H3,(H,31,32,33)/t25-/m0/s1. The summed E-state index contributed by atoms with van der Waals surface area (Å²) in [5, 5.41) is 13.2. The number of aromatic amines is 1. The molecule has 1 aliphatic carbocycles. The molecular weight excluding hydrogens is 474 g/mol. The maximum absolute atomic E-state index is 13.0. The van der Waals surface area contributed by atoms with Crippen molar-refractivity contribution in [1.82, 2.24) is 29.9 Å². The number of benzene rings is 2. The van der Waals surface area contributed by atoms with Gasteiger partial charge in [-0.05, 0) is 56.4 Å². The second-order valence-electron chi connectivity index (χ2n) is 10.8. The van der Waals surface area contributed by atoms with E-state index in [9.17, 15) is 4.79 Å². The smallest absolute Gasteiger partial charge is 0.218 e. The Morgan fingerprint density at radius 3 is 2.63 bits per heavy atom. The Hall–Kier alpha value is -3.52. The van der Waals surface area contributed by atoms with Crippen LogP contribution in [-0.4, -0.2) is 67.9 Å². The molecule has 1 N–H and O–H groups in total. The topological polar surface area (TPSA) is 82.9 Å². The third-order valence-corrected chi connectivity index (χ3v) is 8.25. The molecule has 0 bridgehead atoms. The summed E-state index contributed by atoms with van der Waals surface area (Å²) in [4.78, 5) is 22.1. The summed E-state index contributed by atoms with van der Waals surface area (Å²) < 4.78 is 2.32. The van der Waals surface area contributed by atoms with E-state index in [0.717, 1.165) is 32.5 Å². The quantitative estimate of drug-likeness (QED) is 0.344. The van der Waals surface area contributed by atoms with E-state index in [4.69, 9.17) is 5.10 Å². The van der Waals surface area contributed by atoms with Crippen molar-refractivity contribution in [3.63, 3.8) is 0 Å². The van der Waals surface area contributed by atoms with Crippen LogP contribution >= 0.6 is 0 Å². The van der Waals surface area contributed by atoms with E-state index in [1.165, 1.54) is 53.5 Å². The molecule has 0 amide bonds. The summed E-state index contributed by atoms with van der Waals surface area (Å²) >= 11 is 0. The predicted octanol–water partition coefficient (Wildman–Crippen LogP) is 4.76. The summed E-state index contributed by atoms with van der Waals surface area (Å²) in [6.45, 7) is 6.89. The number of carbonyl (C=O) groups is 1. The fourth-order valence-corrected chi connectivity index (χ4v) is 6.21. The average Bonchev–Trinajstić information content (AvgIpc) is 3.70. The highest BCUT2D eigenvalue weighted by Gasteiger charge is 2.30. The minimum Gasteiger partial charge on any atom is -0.369 e. The minimum absolute atomic E-state index is 0.0326. The molecule has 1 aliphatic heterocycles. The van der Waals surface area contributed by atoms with Crippen LogP contribution in [0.1, 0.15) is 66.3 Å². The van der Waals surface area contributed by atoms with Gasteiger partial charge in [-0.3, -0.25) is 19.5 Å². The lowest BCUT2D eigenvalue weighted by Crippen LogP contribution is -2.55. The molecule has 0 spiro atoms. The molecule has 2 aliphatic rings. The summed E-state index contributed by atoms with van der Waals surface area (Å²) in [7, 11) is 0. The van der Waals surface area contributed by atoms with Crippen LogP contribution in [0, 0.1) is 6.92 Å². The van der Waals surface area contributed by atoms with Crippen molar-refractivity contribution >= 4 is 22.4 Å². The van der Waals surface area contributed by atoms with Crippen LogP contribution in [0.2, 0.25) is 0 Å². The number of aryl methyl sites for hydroxylation is 2. The Morgan fingerprint density at radius 1 is 1.08 bits per heavy atom. The SMILES string of the molecule is CCc1nn(C2CCCC2)c2cc(N3CCN(CC(=O)c4n[nH]c(C)n4)[C@@H](Cc4ccccc4)C3)ccc12. The average molecular weight is 512 g/mol. The molecule has 1 saturated heterocycles. The molecule has 1 atom stereocenters. The molecule has 6 rings (SSSR count). The van der Waals surface area contributed by atoms with Gasteiger partial charge in [0.25, 0.3) is 0 Å². The first-order valence-electron chi connectivity index (χ1n) is 14.1. The summed E-state index contributed by atoms with van der Waals surface area (Å²) in [5.74, 6) is 0.910.